The Morgan fingerprint density at radius 1 is 1.13 bits per heavy atom. The number of amides is 3. The lowest BCUT2D eigenvalue weighted by Gasteiger charge is -2.17. The van der Waals surface area contributed by atoms with E-state index in [4.69, 9.17) is 0 Å². The highest BCUT2D eigenvalue weighted by Gasteiger charge is 2.37. The molecule has 2 heterocycles. The fraction of sp³-hybridized carbons (Fsp3) is 0.583. The molecule has 0 aliphatic carbocycles. The summed E-state index contributed by atoms with van der Waals surface area (Å²) in [7, 11) is 0. The molecular formula is C24H35N3O3. The van der Waals surface area contributed by atoms with E-state index in [1.807, 2.05) is 43.2 Å². The topological polar surface area (TPSA) is 78.5 Å². The second kappa shape index (κ2) is 11.6. The zero-order valence-corrected chi connectivity index (χ0v) is 18.6. The molecule has 2 aliphatic rings. The van der Waals surface area contributed by atoms with Crippen molar-refractivity contribution in [2.45, 2.75) is 47.0 Å². The lowest BCUT2D eigenvalue weighted by Crippen LogP contribution is -2.38. The molecule has 2 saturated heterocycles. The van der Waals surface area contributed by atoms with Gasteiger partial charge in [0.2, 0.25) is 5.91 Å². The maximum Gasteiger partial charge on any atom is 0.322 e. The van der Waals surface area contributed by atoms with E-state index in [1.165, 1.54) is 5.56 Å². The van der Waals surface area contributed by atoms with Crippen LogP contribution in [-0.2, 0) is 16.0 Å². The zero-order valence-electron chi connectivity index (χ0n) is 18.6. The number of likely N-dealkylation sites (tertiary alicyclic amines) is 1. The first-order valence-corrected chi connectivity index (χ1v) is 11.0. The van der Waals surface area contributed by atoms with E-state index in [9.17, 15) is 14.4 Å². The van der Waals surface area contributed by atoms with Crippen molar-refractivity contribution in [3.8, 4) is 0 Å². The molecule has 4 unspecified atom stereocenters. The predicted octanol–water partition coefficient (Wildman–Crippen LogP) is 3.41. The second-order valence-electron chi connectivity index (χ2n) is 8.29. The normalized spacial score (nSPS) is 25.3. The third-order valence-electron chi connectivity index (χ3n) is 6.18. The molecule has 164 valence electrons. The fourth-order valence-corrected chi connectivity index (χ4v) is 4.34. The van der Waals surface area contributed by atoms with Gasteiger partial charge in [-0.25, -0.2) is 9.59 Å². The third kappa shape index (κ3) is 5.96. The highest BCUT2D eigenvalue weighted by Crippen LogP contribution is 2.33. The highest BCUT2D eigenvalue weighted by molar-refractivity contribution is 5.81. The number of hydrogen-bond acceptors (Lipinski definition) is 3. The number of nitrogens with zero attached hydrogens (tertiary/aromatic N) is 1. The van der Waals surface area contributed by atoms with Crippen LogP contribution in [0.25, 0.3) is 0 Å². The van der Waals surface area contributed by atoms with Crippen molar-refractivity contribution in [2.75, 3.05) is 19.6 Å². The average Bonchev–Trinajstić information content (AvgIpc) is 3.26. The summed E-state index contributed by atoms with van der Waals surface area (Å²) < 4.78 is 0. The minimum atomic E-state index is -0.188. The summed E-state index contributed by atoms with van der Waals surface area (Å²) in [6.45, 7) is 10.3. The van der Waals surface area contributed by atoms with Crippen LogP contribution in [0.4, 0.5) is 4.79 Å². The Morgan fingerprint density at radius 2 is 1.80 bits per heavy atom. The monoisotopic (exact) mass is 413 g/mol. The molecule has 0 radical (unpaired) electrons. The number of hydrogen-bond donors (Lipinski definition) is 2. The second-order valence-corrected chi connectivity index (χ2v) is 8.29. The van der Waals surface area contributed by atoms with E-state index in [1.54, 1.807) is 4.90 Å². The van der Waals surface area contributed by atoms with E-state index < -0.39 is 0 Å². The SMILES string of the molecule is CCC1C(=C=O)N(C(=O)NCCc2ccccc2)CC1C.CCC1C(=O)NCC1C. The lowest BCUT2D eigenvalue weighted by atomic mass is 9.93. The number of urea groups is 1. The van der Waals surface area contributed by atoms with Crippen LogP contribution in [0.5, 0.6) is 0 Å². The van der Waals surface area contributed by atoms with E-state index >= 15 is 0 Å². The zero-order chi connectivity index (χ0) is 22.1. The van der Waals surface area contributed by atoms with Crippen molar-refractivity contribution >= 4 is 17.9 Å². The van der Waals surface area contributed by atoms with Gasteiger partial charge in [0.05, 0.1) is 0 Å². The van der Waals surface area contributed by atoms with Crippen LogP contribution in [0.1, 0.15) is 46.1 Å². The van der Waals surface area contributed by atoms with E-state index in [2.05, 4.69) is 31.4 Å². The van der Waals surface area contributed by atoms with Gasteiger partial charge in [0, 0.05) is 31.5 Å². The summed E-state index contributed by atoms with van der Waals surface area (Å²) in [6.07, 6.45) is 2.62. The van der Waals surface area contributed by atoms with E-state index in [0.29, 0.717) is 30.6 Å². The molecule has 6 nitrogen and oxygen atoms in total. The Hall–Kier alpha value is -2.59. The van der Waals surface area contributed by atoms with E-state index in [-0.39, 0.29) is 23.8 Å². The number of carbonyl (C=O) groups is 2. The minimum Gasteiger partial charge on any atom is -0.356 e. The van der Waals surface area contributed by atoms with Crippen LogP contribution in [-0.4, -0.2) is 42.4 Å². The highest BCUT2D eigenvalue weighted by atomic mass is 16.2. The van der Waals surface area contributed by atoms with Crippen molar-refractivity contribution in [2.24, 2.45) is 23.7 Å². The Morgan fingerprint density at radius 3 is 2.30 bits per heavy atom. The van der Waals surface area contributed by atoms with Crippen molar-refractivity contribution in [3.05, 3.63) is 41.6 Å². The first kappa shape index (κ1) is 23.7. The van der Waals surface area contributed by atoms with Crippen LogP contribution in [0.2, 0.25) is 0 Å². The number of carbonyl (C=O) groups excluding carboxylic acids is 3. The van der Waals surface area contributed by atoms with Gasteiger partial charge >= 0.3 is 6.03 Å². The number of rotatable bonds is 5. The minimum absolute atomic E-state index is 0.141. The molecule has 6 heteroatoms. The molecule has 1 aromatic rings. The Bertz CT molecular complexity index is 758. The lowest BCUT2D eigenvalue weighted by molar-refractivity contribution is -0.122. The maximum atomic E-state index is 12.2. The molecule has 2 fully saturated rings. The van der Waals surface area contributed by atoms with Gasteiger partial charge < -0.3 is 10.6 Å². The van der Waals surface area contributed by atoms with Crippen LogP contribution in [0, 0.1) is 23.7 Å². The summed E-state index contributed by atoms with van der Waals surface area (Å²) in [5, 5.41) is 5.72. The van der Waals surface area contributed by atoms with E-state index in [0.717, 1.165) is 25.8 Å². The Kier molecular flexibility index (Phi) is 9.13. The van der Waals surface area contributed by atoms with Gasteiger partial charge in [-0.05, 0) is 36.7 Å². The van der Waals surface area contributed by atoms with Crippen LogP contribution in [0.15, 0.2) is 36.0 Å². The van der Waals surface area contributed by atoms with Crippen molar-refractivity contribution in [1.82, 2.24) is 15.5 Å². The first-order chi connectivity index (χ1) is 14.4. The summed E-state index contributed by atoms with van der Waals surface area (Å²) in [5.41, 5.74) is 1.69. The molecule has 2 aliphatic heterocycles. The molecule has 30 heavy (non-hydrogen) atoms. The predicted molar refractivity (Wildman–Crippen MR) is 118 cm³/mol. The number of allylic oxidation sites excluding steroid dienone is 1. The largest absolute Gasteiger partial charge is 0.356 e. The van der Waals surface area contributed by atoms with Crippen LogP contribution >= 0.6 is 0 Å². The Balaban J connectivity index is 0.000000297. The third-order valence-corrected chi connectivity index (χ3v) is 6.18. The molecule has 3 amide bonds. The van der Waals surface area contributed by atoms with Crippen LogP contribution in [0.3, 0.4) is 0 Å². The van der Waals surface area contributed by atoms with Gasteiger partial charge in [0.25, 0.3) is 0 Å². The summed E-state index contributed by atoms with van der Waals surface area (Å²) in [5.74, 6) is 3.49. The van der Waals surface area contributed by atoms with Crippen molar-refractivity contribution in [3.63, 3.8) is 0 Å². The molecule has 4 atom stereocenters. The average molecular weight is 414 g/mol. The fourth-order valence-electron chi connectivity index (χ4n) is 4.34. The maximum absolute atomic E-state index is 12.2. The van der Waals surface area contributed by atoms with Gasteiger partial charge in [0.1, 0.15) is 11.6 Å². The van der Waals surface area contributed by atoms with Gasteiger partial charge in [-0.15, -0.1) is 0 Å². The Labute approximate surface area is 180 Å². The molecule has 2 N–H and O–H groups in total. The molecule has 0 bridgehead atoms. The van der Waals surface area contributed by atoms with Crippen molar-refractivity contribution in [1.29, 1.82) is 0 Å². The number of nitrogens with one attached hydrogen (secondary N) is 2. The van der Waals surface area contributed by atoms with Gasteiger partial charge in [-0.2, -0.15) is 0 Å². The number of benzene rings is 1. The van der Waals surface area contributed by atoms with Crippen LogP contribution < -0.4 is 10.6 Å². The van der Waals surface area contributed by atoms with Gasteiger partial charge in [-0.1, -0.05) is 58.0 Å². The standard InChI is InChI=1S/C17H22N2O2.C7H13NO/c1-3-15-13(2)11-19(16(15)12-20)17(21)18-10-9-14-7-5-4-6-8-14;1-3-6-5(2)4-8-7(6)9/h4-8,13,15H,3,9-11H2,1-2H3,(H,18,21);5-6H,3-4H2,1-2H3,(H,8,9). The molecule has 0 aromatic heterocycles. The van der Waals surface area contributed by atoms with Crippen molar-refractivity contribution < 1.29 is 14.4 Å². The molecule has 0 saturated carbocycles. The first-order valence-electron chi connectivity index (χ1n) is 11.0. The summed E-state index contributed by atoms with van der Waals surface area (Å²) in [6, 6.07) is 9.82. The van der Waals surface area contributed by atoms with Gasteiger partial charge in [0.15, 0.2) is 0 Å². The molecule has 0 spiro atoms. The smallest absolute Gasteiger partial charge is 0.322 e. The quantitative estimate of drug-likeness (QED) is 0.726. The molecular weight excluding hydrogens is 378 g/mol. The summed E-state index contributed by atoms with van der Waals surface area (Å²) in [4.78, 5) is 35.8. The van der Waals surface area contributed by atoms with Gasteiger partial charge in [-0.3, -0.25) is 9.69 Å². The molecule has 1 aromatic carbocycles. The summed E-state index contributed by atoms with van der Waals surface area (Å²) >= 11 is 0. The molecule has 3 rings (SSSR count).